The first-order chi connectivity index (χ1) is 14.0. The zero-order chi connectivity index (χ0) is 20.8. The van der Waals surface area contributed by atoms with Gasteiger partial charge in [-0.3, -0.25) is 14.4 Å². The zero-order valence-electron chi connectivity index (χ0n) is 16.3. The molecule has 2 N–H and O–H groups in total. The Balaban J connectivity index is 1.83. The maximum atomic E-state index is 12.3. The summed E-state index contributed by atoms with van der Waals surface area (Å²) in [5, 5.41) is 9.92. The van der Waals surface area contributed by atoms with Gasteiger partial charge in [0.15, 0.2) is 0 Å². The summed E-state index contributed by atoms with van der Waals surface area (Å²) in [5.41, 5.74) is 3.16. The Morgan fingerprint density at radius 2 is 1.72 bits per heavy atom. The standard InChI is InChI=1S/C22H22N4O3/c1-3-20(27)24-19-13-16(10-9-15(19)2)18-11-12-22(29)26(25-18)14-21(28)23-17-7-5-4-6-8-17/h4-13H,3,14H2,1-2H3,(H,23,28)(H,24,27). The van der Waals surface area contributed by atoms with E-state index in [4.69, 9.17) is 0 Å². The summed E-state index contributed by atoms with van der Waals surface area (Å²) in [6.45, 7) is 3.48. The summed E-state index contributed by atoms with van der Waals surface area (Å²) in [6, 6.07) is 17.5. The quantitative estimate of drug-likeness (QED) is 0.676. The number of aromatic nitrogens is 2. The number of carbonyl (C=O) groups is 2. The predicted octanol–water partition coefficient (Wildman–Crippen LogP) is 3.21. The largest absolute Gasteiger partial charge is 0.326 e. The van der Waals surface area contributed by atoms with Crippen molar-refractivity contribution in [3.05, 3.63) is 76.6 Å². The molecule has 0 radical (unpaired) electrons. The predicted molar refractivity (Wildman–Crippen MR) is 113 cm³/mol. The maximum absolute atomic E-state index is 12.3. The Hall–Kier alpha value is -3.74. The van der Waals surface area contributed by atoms with Gasteiger partial charge in [0.2, 0.25) is 11.8 Å². The van der Waals surface area contributed by atoms with Crippen LogP contribution in [0, 0.1) is 6.92 Å². The molecule has 0 saturated carbocycles. The van der Waals surface area contributed by atoms with E-state index in [2.05, 4.69) is 15.7 Å². The molecule has 148 valence electrons. The van der Waals surface area contributed by atoms with E-state index in [0.717, 1.165) is 15.8 Å². The summed E-state index contributed by atoms with van der Waals surface area (Å²) in [6.07, 6.45) is 0.378. The fourth-order valence-corrected chi connectivity index (χ4v) is 2.73. The summed E-state index contributed by atoms with van der Waals surface area (Å²) >= 11 is 0. The molecule has 7 nitrogen and oxygen atoms in total. The third-order valence-corrected chi connectivity index (χ3v) is 4.35. The van der Waals surface area contributed by atoms with Crippen LogP contribution in [-0.4, -0.2) is 21.6 Å². The van der Waals surface area contributed by atoms with E-state index in [1.165, 1.54) is 6.07 Å². The molecule has 29 heavy (non-hydrogen) atoms. The molecule has 0 saturated heterocycles. The number of carbonyl (C=O) groups excluding carboxylic acids is 2. The van der Waals surface area contributed by atoms with Gasteiger partial charge in [0, 0.05) is 29.4 Å². The van der Waals surface area contributed by atoms with Gasteiger partial charge in [0.05, 0.1) is 5.69 Å². The molecule has 0 unspecified atom stereocenters. The van der Waals surface area contributed by atoms with Crippen LogP contribution in [0.5, 0.6) is 0 Å². The summed E-state index contributed by atoms with van der Waals surface area (Å²) < 4.78 is 1.12. The lowest BCUT2D eigenvalue weighted by Crippen LogP contribution is -2.29. The van der Waals surface area contributed by atoms with Crippen LogP contribution in [0.1, 0.15) is 18.9 Å². The molecule has 2 amide bonds. The molecule has 3 rings (SSSR count). The van der Waals surface area contributed by atoms with Gasteiger partial charge >= 0.3 is 0 Å². The Morgan fingerprint density at radius 1 is 0.966 bits per heavy atom. The zero-order valence-corrected chi connectivity index (χ0v) is 16.3. The highest BCUT2D eigenvalue weighted by molar-refractivity contribution is 5.92. The lowest BCUT2D eigenvalue weighted by Gasteiger charge is -2.11. The third-order valence-electron chi connectivity index (χ3n) is 4.35. The van der Waals surface area contributed by atoms with Gasteiger partial charge in [-0.1, -0.05) is 37.3 Å². The highest BCUT2D eigenvalue weighted by Gasteiger charge is 2.10. The lowest BCUT2D eigenvalue weighted by atomic mass is 10.1. The molecule has 0 aliphatic rings. The minimum absolute atomic E-state index is 0.0826. The van der Waals surface area contributed by atoms with E-state index in [1.54, 1.807) is 25.1 Å². The number of nitrogens with one attached hydrogen (secondary N) is 2. The van der Waals surface area contributed by atoms with Crippen LogP contribution < -0.4 is 16.2 Å². The van der Waals surface area contributed by atoms with E-state index in [9.17, 15) is 14.4 Å². The van der Waals surface area contributed by atoms with E-state index >= 15 is 0 Å². The number of benzene rings is 2. The number of para-hydroxylation sites is 1. The average molecular weight is 390 g/mol. The minimum Gasteiger partial charge on any atom is -0.326 e. The average Bonchev–Trinajstić information content (AvgIpc) is 2.72. The summed E-state index contributed by atoms with van der Waals surface area (Å²) in [5.74, 6) is -0.427. The molecular formula is C22H22N4O3. The topological polar surface area (TPSA) is 93.1 Å². The molecule has 0 fully saturated rings. The molecule has 1 heterocycles. The smallest absolute Gasteiger partial charge is 0.267 e. The van der Waals surface area contributed by atoms with Gasteiger partial charge < -0.3 is 10.6 Å². The molecule has 0 aliphatic carbocycles. The van der Waals surface area contributed by atoms with Gasteiger partial charge in [-0.25, -0.2) is 4.68 Å². The highest BCUT2D eigenvalue weighted by Crippen LogP contribution is 2.23. The fraction of sp³-hybridized carbons (Fsp3) is 0.182. The number of amides is 2. The van der Waals surface area contributed by atoms with Crippen LogP contribution in [0.4, 0.5) is 11.4 Å². The minimum atomic E-state index is -0.372. The normalized spacial score (nSPS) is 10.4. The SMILES string of the molecule is CCC(=O)Nc1cc(-c2ccc(=O)n(CC(=O)Nc3ccccc3)n2)ccc1C. The Labute approximate surface area is 168 Å². The van der Waals surface area contributed by atoms with Gasteiger partial charge in [-0.15, -0.1) is 0 Å². The van der Waals surface area contributed by atoms with E-state index in [1.807, 2.05) is 43.3 Å². The monoisotopic (exact) mass is 390 g/mol. The van der Waals surface area contributed by atoms with Crippen LogP contribution in [0.25, 0.3) is 11.3 Å². The van der Waals surface area contributed by atoms with Crippen molar-refractivity contribution in [1.29, 1.82) is 0 Å². The van der Waals surface area contributed by atoms with E-state index in [-0.39, 0.29) is 23.9 Å². The van der Waals surface area contributed by atoms with Crippen molar-refractivity contribution in [2.24, 2.45) is 0 Å². The van der Waals surface area contributed by atoms with Crippen LogP contribution in [0.2, 0.25) is 0 Å². The summed E-state index contributed by atoms with van der Waals surface area (Å²) in [4.78, 5) is 36.2. The van der Waals surface area contributed by atoms with Crippen molar-refractivity contribution in [3.8, 4) is 11.3 Å². The Morgan fingerprint density at radius 3 is 2.45 bits per heavy atom. The Bertz CT molecular complexity index is 1090. The van der Waals surface area contributed by atoms with Gasteiger partial charge in [-0.05, 0) is 36.8 Å². The van der Waals surface area contributed by atoms with Crippen LogP contribution >= 0.6 is 0 Å². The van der Waals surface area contributed by atoms with Crippen molar-refractivity contribution < 1.29 is 9.59 Å². The molecule has 1 aromatic heterocycles. The number of nitrogens with zero attached hydrogens (tertiary/aromatic N) is 2. The number of rotatable bonds is 6. The van der Waals surface area contributed by atoms with Crippen LogP contribution in [-0.2, 0) is 16.1 Å². The third kappa shape index (κ3) is 5.16. The van der Waals surface area contributed by atoms with Crippen molar-refractivity contribution in [1.82, 2.24) is 9.78 Å². The maximum Gasteiger partial charge on any atom is 0.267 e. The Kier molecular flexibility index (Phi) is 6.19. The van der Waals surface area contributed by atoms with Crippen molar-refractivity contribution >= 4 is 23.2 Å². The molecule has 0 bridgehead atoms. The van der Waals surface area contributed by atoms with Crippen LogP contribution in [0.15, 0.2) is 65.5 Å². The second-order valence-electron chi connectivity index (χ2n) is 6.56. The fourth-order valence-electron chi connectivity index (χ4n) is 2.73. The van der Waals surface area contributed by atoms with Gasteiger partial charge in [0.25, 0.3) is 5.56 Å². The van der Waals surface area contributed by atoms with E-state index in [0.29, 0.717) is 23.5 Å². The van der Waals surface area contributed by atoms with Gasteiger partial charge in [-0.2, -0.15) is 5.10 Å². The number of hydrogen-bond donors (Lipinski definition) is 2. The molecule has 0 spiro atoms. The molecule has 2 aromatic carbocycles. The first-order valence-corrected chi connectivity index (χ1v) is 9.30. The highest BCUT2D eigenvalue weighted by atomic mass is 16.2. The second kappa shape index (κ2) is 8.97. The lowest BCUT2D eigenvalue weighted by molar-refractivity contribution is -0.117. The molecule has 0 atom stereocenters. The van der Waals surface area contributed by atoms with Crippen molar-refractivity contribution in [2.75, 3.05) is 10.6 Å². The molecule has 7 heteroatoms. The van der Waals surface area contributed by atoms with Crippen molar-refractivity contribution in [2.45, 2.75) is 26.8 Å². The molecular weight excluding hydrogens is 368 g/mol. The molecule has 0 aliphatic heterocycles. The molecule has 3 aromatic rings. The number of anilines is 2. The van der Waals surface area contributed by atoms with E-state index < -0.39 is 0 Å². The number of aryl methyl sites for hydroxylation is 1. The van der Waals surface area contributed by atoms with Crippen LogP contribution in [0.3, 0.4) is 0 Å². The number of hydrogen-bond acceptors (Lipinski definition) is 4. The van der Waals surface area contributed by atoms with Gasteiger partial charge in [0.1, 0.15) is 6.54 Å². The second-order valence-corrected chi connectivity index (χ2v) is 6.56. The first-order valence-electron chi connectivity index (χ1n) is 9.30. The van der Waals surface area contributed by atoms with Crippen molar-refractivity contribution in [3.63, 3.8) is 0 Å². The summed E-state index contributed by atoms with van der Waals surface area (Å²) in [7, 11) is 0. The first kappa shape index (κ1) is 20.0.